The van der Waals surface area contributed by atoms with Gasteiger partial charge in [-0.1, -0.05) is 30.1 Å². The van der Waals surface area contributed by atoms with Crippen LogP contribution in [0, 0.1) is 0 Å². The minimum absolute atomic E-state index is 0.0587. The summed E-state index contributed by atoms with van der Waals surface area (Å²) in [6.45, 7) is 2.79. The lowest BCUT2D eigenvalue weighted by atomic mass is 10.3. The van der Waals surface area contributed by atoms with Crippen molar-refractivity contribution >= 4 is 46.6 Å². The van der Waals surface area contributed by atoms with Crippen molar-refractivity contribution in [1.29, 1.82) is 0 Å². The quantitative estimate of drug-likeness (QED) is 0.803. The van der Waals surface area contributed by atoms with Crippen LogP contribution in [0.25, 0.3) is 0 Å². The average Bonchev–Trinajstić information content (AvgIpc) is 2.34. The van der Waals surface area contributed by atoms with Gasteiger partial charge in [-0.3, -0.25) is 4.79 Å². The van der Waals surface area contributed by atoms with Crippen LogP contribution >= 0.6 is 35.0 Å². The fraction of sp³-hybridized carbons (Fsp3) is 0.462. The van der Waals surface area contributed by atoms with Gasteiger partial charge < -0.3 is 11.1 Å². The van der Waals surface area contributed by atoms with Gasteiger partial charge in [-0.25, -0.2) is 0 Å². The number of benzene rings is 1. The van der Waals surface area contributed by atoms with Gasteiger partial charge in [-0.05, 0) is 31.2 Å². The Morgan fingerprint density at radius 2 is 2.21 bits per heavy atom. The van der Waals surface area contributed by atoms with E-state index >= 15 is 0 Å². The van der Waals surface area contributed by atoms with Gasteiger partial charge in [0.15, 0.2) is 0 Å². The molecular weight excluding hydrogens is 303 g/mol. The van der Waals surface area contributed by atoms with E-state index in [0.717, 1.165) is 12.2 Å². The first-order chi connectivity index (χ1) is 9.02. The van der Waals surface area contributed by atoms with Gasteiger partial charge in [0.2, 0.25) is 5.91 Å². The van der Waals surface area contributed by atoms with E-state index in [9.17, 15) is 4.79 Å². The Morgan fingerprint density at radius 3 is 2.89 bits per heavy atom. The standard InChI is InChI=1S/C13H18Cl2N2OS/c1-9(4-6-16)19-7-5-13(18)17-12-8-10(14)2-3-11(12)15/h2-3,8-9H,4-7,16H2,1H3,(H,17,18). The van der Waals surface area contributed by atoms with Crippen LogP contribution in [0.3, 0.4) is 0 Å². The maximum absolute atomic E-state index is 11.8. The van der Waals surface area contributed by atoms with Crippen LogP contribution in [0.2, 0.25) is 10.0 Å². The van der Waals surface area contributed by atoms with Crippen molar-refractivity contribution in [3.05, 3.63) is 28.2 Å². The molecule has 0 aromatic heterocycles. The molecular formula is C13H18Cl2N2OS. The predicted octanol–water partition coefficient (Wildman–Crippen LogP) is 3.79. The van der Waals surface area contributed by atoms with E-state index in [1.807, 2.05) is 0 Å². The van der Waals surface area contributed by atoms with Crippen LogP contribution in [0.1, 0.15) is 19.8 Å². The molecule has 106 valence electrons. The number of carbonyl (C=O) groups excluding carboxylic acids is 1. The summed E-state index contributed by atoms with van der Waals surface area (Å²) in [4.78, 5) is 11.8. The molecule has 6 heteroatoms. The first-order valence-corrected chi connectivity index (χ1v) is 7.90. The minimum atomic E-state index is -0.0587. The van der Waals surface area contributed by atoms with Gasteiger partial charge in [-0.2, -0.15) is 11.8 Å². The lowest BCUT2D eigenvalue weighted by molar-refractivity contribution is -0.115. The van der Waals surface area contributed by atoms with Crippen molar-refractivity contribution in [1.82, 2.24) is 0 Å². The average molecular weight is 321 g/mol. The van der Waals surface area contributed by atoms with E-state index in [2.05, 4.69) is 12.2 Å². The van der Waals surface area contributed by atoms with Crippen LogP contribution in [0.4, 0.5) is 5.69 Å². The molecule has 1 rings (SSSR count). The summed E-state index contributed by atoms with van der Waals surface area (Å²) in [6.07, 6.45) is 1.41. The summed E-state index contributed by atoms with van der Waals surface area (Å²) in [6, 6.07) is 4.99. The van der Waals surface area contributed by atoms with Crippen LogP contribution in [-0.2, 0) is 4.79 Å². The topological polar surface area (TPSA) is 55.1 Å². The molecule has 0 radical (unpaired) electrons. The van der Waals surface area contributed by atoms with E-state index < -0.39 is 0 Å². The number of hydrogen-bond donors (Lipinski definition) is 2. The lowest BCUT2D eigenvalue weighted by Crippen LogP contribution is -2.14. The molecule has 0 aliphatic heterocycles. The van der Waals surface area contributed by atoms with Crippen molar-refractivity contribution in [2.75, 3.05) is 17.6 Å². The smallest absolute Gasteiger partial charge is 0.225 e. The van der Waals surface area contributed by atoms with Gasteiger partial charge in [-0.15, -0.1) is 0 Å². The fourth-order valence-electron chi connectivity index (χ4n) is 1.48. The maximum Gasteiger partial charge on any atom is 0.225 e. The monoisotopic (exact) mass is 320 g/mol. The third-order valence-electron chi connectivity index (χ3n) is 2.51. The molecule has 0 fully saturated rings. The fourth-order valence-corrected chi connectivity index (χ4v) is 2.82. The van der Waals surface area contributed by atoms with E-state index in [1.54, 1.807) is 30.0 Å². The van der Waals surface area contributed by atoms with Gasteiger partial charge >= 0.3 is 0 Å². The number of carbonyl (C=O) groups is 1. The van der Waals surface area contributed by atoms with Gasteiger partial charge in [0.25, 0.3) is 0 Å². The number of hydrogen-bond acceptors (Lipinski definition) is 3. The molecule has 0 saturated carbocycles. The third-order valence-corrected chi connectivity index (χ3v) is 4.32. The van der Waals surface area contributed by atoms with Crippen LogP contribution in [0.5, 0.6) is 0 Å². The zero-order valence-electron chi connectivity index (χ0n) is 10.8. The van der Waals surface area contributed by atoms with E-state index in [4.69, 9.17) is 28.9 Å². The van der Waals surface area contributed by atoms with Crippen molar-refractivity contribution in [3.8, 4) is 0 Å². The van der Waals surface area contributed by atoms with Crippen LogP contribution in [-0.4, -0.2) is 23.5 Å². The molecule has 1 amide bonds. The highest BCUT2D eigenvalue weighted by Gasteiger charge is 2.08. The predicted molar refractivity (Wildman–Crippen MR) is 85.3 cm³/mol. The van der Waals surface area contributed by atoms with Crippen LogP contribution in [0.15, 0.2) is 18.2 Å². The molecule has 0 aliphatic rings. The number of nitrogens with one attached hydrogen (secondary N) is 1. The van der Waals surface area contributed by atoms with Crippen molar-refractivity contribution in [2.45, 2.75) is 25.0 Å². The lowest BCUT2D eigenvalue weighted by Gasteiger charge is -2.10. The summed E-state index contributed by atoms with van der Waals surface area (Å²) in [5.74, 6) is 0.710. The zero-order valence-corrected chi connectivity index (χ0v) is 13.1. The van der Waals surface area contributed by atoms with Crippen molar-refractivity contribution in [2.24, 2.45) is 5.73 Å². The molecule has 1 aromatic rings. The number of rotatable bonds is 7. The summed E-state index contributed by atoms with van der Waals surface area (Å²) >= 11 is 13.6. The molecule has 3 nitrogen and oxygen atoms in total. The highest BCUT2D eigenvalue weighted by Crippen LogP contribution is 2.25. The van der Waals surface area contributed by atoms with Crippen molar-refractivity contribution < 1.29 is 4.79 Å². The maximum atomic E-state index is 11.8. The molecule has 0 heterocycles. The largest absolute Gasteiger partial charge is 0.330 e. The Labute approximate surface area is 128 Å². The zero-order chi connectivity index (χ0) is 14.3. The summed E-state index contributed by atoms with van der Waals surface area (Å²) in [5.41, 5.74) is 6.03. The molecule has 1 atom stereocenters. The Kier molecular flexibility index (Phi) is 7.61. The normalized spacial score (nSPS) is 12.2. The highest BCUT2D eigenvalue weighted by atomic mass is 35.5. The Hall–Kier alpha value is -0.420. The van der Waals surface area contributed by atoms with E-state index in [0.29, 0.717) is 33.9 Å². The molecule has 19 heavy (non-hydrogen) atoms. The van der Waals surface area contributed by atoms with E-state index in [-0.39, 0.29) is 5.91 Å². The minimum Gasteiger partial charge on any atom is -0.330 e. The molecule has 3 N–H and O–H groups in total. The Balaban J connectivity index is 2.37. The molecule has 0 spiro atoms. The molecule has 1 aromatic carbocycles. The van der Waals surface area contributed by atoms with Gasteiger partial charge in [0.1, 0.15) is 0 Å². The number of thioether (sulfide) groups is 1. The molecule has 1 unspecified atom stereocenters. The first-order valence-electron chi connectivity index (χ1n) is 6.09. The Bertz CT molecular complexity index is 429. The number of nitrogens with two attached hydrogens (primary N) is 1. The number of anilines is 1. The summed E-state index contributed by atoms with van der Waals surface area (Å²) < 4.78 is 0. The van der Waals surface area contributed by atoms with Crippen LogP contribution < -0.4 is 11.1 Å². The Morgan fingerprint density at radius 1 is 1.47 bits per heavy atom. The van der Waals surface area contributed by atoms with E-state index in [1.165, 1.54) is 0 Å². The van der Waals surface area contributed by atoms with Gasteiger partial charge in [0, 0.05) is 22.4 Å². The van der Waals surface area contributed by atoms with Gasteiger partial charge in [0.05, 0.1) is 10.7 Å². The molecule has 0 bridgehead atoms. The van der Waals surface area contributed by atoms with Crippen molar-refractivity contribution in [3.63, 3.8) is 0 Å². The summed E-state index contributed by atoms with van der Waals surface area (Å²) in [5, 5.41) is 4.28. The number of halogens is 2. The highest BCUT2D eigenvalue weighted by molar-refractivity contribution is 7.99. The second-order valence-electron chi connectivity index (χ2n) is 4.18. The second kappa shape index (κ2) is 8.69. The summed E-state index contributed by atoms with van der Waals surface area (Å²) in [7, 11) is 0. The third kappa shape index (κ3) is 6.52. The molecule has 0 aliphatic carbocycles. The first kappa shape index (κ1) is 16.6. The second-order valence-corrected chi connectivity index (χ2v) is 6.57. The number of amides is 1. The molecule has 0 saturated heterocycles. The SMILES string of the molecule is CC(CCN)SCCC(=O)Nc1cc(Cl)ccc1Cl.